The van der Waals surface area contributed by atoms with E-state index in [0.29, 0.717) is 21.4 Å². The molecule has 0 unspecified atom stereocenters. The van der Waals surface area contributed by atoms with Crippen LogP contribution in [-0.2, 0) is 11.4 Å². The third-order valence-electron chi connectivity index (χ3n) is 4.18. The topological polar surface area (TPSA) is 50.7 Å². The molecule has 4 rings (SSSR count). The third kappa shape index (κ3) is 4.73. The number of thioether (sulfide) groups is 1. The molecule has 144 valence electrons. The number of hydrogen-bond acceptors (Lipinski definition) is 4. The van der Waals surface area contributed by atoms with Crippen LogP contribution in [0.4, 0.5) is 10.1 Å². The monoisotopic (exact) mass is 404 g/mol. The summed E-state index contributed by atoms with van der Waals surface area (Å²) in [6, 6.07) is 23.3. The first-order valence-electron chi connectivity index (χ1n) is 8.99. The highest BCUT2D eigenvalue weighted by atomic mass is 32.2. The van der Waals surface area contributed by atoms with Crippen LogP contribution < -0.4 is 10.1 Å². The Kier molecular flexibility index (Phi) is 5.72. The Labute approximate surface area is 172 Å². The molecule has 1 N–H and O–H groups in total. The van der Waals surface area contributed by atoms with Crippen LogP contribution >= 0.6 is 11.8 Å². The van der Waals surface area contributed by atoms with E-state index in [0.717, 1.165) is 11.3 Å². The van der Waals surface area contributed by atoms with Gasteiger partial charge in [-0.25, -0.2) is 9.38 Å². The normalized spacial score (nSPS) is 16.2. The summed E-state index contributed by atoms with van der Waals surface area (Å²) >= 11 is 1.27. The molecule has 6 heteroatoms. The van der Waals surface area contributed by atoms with Gasteiger partial charge in [-0.1, -0.05) is 54.6 Å². The molecule has 1 fully saturated rings. The Morgan fingerprint density at radius 1 is 0.966 bits per heavy atom. The molecule has 1 aliphatic rings. The van der Waals surface area contributed by atoms with Crippen LogP contribution in [0.2, 0.25) is 0 Å². The maximum Gasteiger partial charge on any atom is 0.264 e. The number of aliphatic imine (C=N–C) groups is 1. The second-order valence-corrected chi connectivity index (χ2v) is 7.27. The number of carbonyl (C=O) groups excluding carboxylic acids is 1. The number of benzene rings is 3. The third-order valence-corrected chi connectivity index (χ3v) is 5.09. The van der Waals surface area contributed by atoms with Gasteiger partial charge in [0, 0.05) is 11.1 Å². The number of para-hydroxylation sites is 2. The molecule has 0 atom stereocenters. The number of nitrogens with zero attached hydrogens (tertiary/aromatic N) is 1. The van der Waals surface area contributed by atoms with E-state index in [9.17, 15) is 9.18 Å². The molecule has 29 heavy (non-hydrogen) atoms. The van der Waals surface area contributed by atoms with Crippen LogP contribution in [0.1, 0.15) is 11.1 Å². The fourth-order valence-electron chi connectivity index (χ4n) is 2.74. The molecular weight excluding hydrogens is 387 g/mol. The highest BCUT2D eigenvalue weighted by Gasteiger charge is 2.24. The van der Waals surface area contributed by atoms with Crippen LogP contribution in [0.15, 0.2) is 88.8 Å². The van der Waals surface area contributed by atoms with Crippen LogP contribution in [0.5, 0.6) is 5.75 Å². The summed E-state index contributed by atoms with van der Waals surface area (Å²) in [7, 11) is 0. The van der Waals surface area contributed by atoms with E-state index in [2.05, 4.69) is 10.3 Å². The number of amidine groups is 1. The van der Waals surface area contributed by atoms with E-state index in [1.165, 1.54) is 17.8 Å². The van der Waals surface area contributed by atoms with Crippen molar-refractivity contribution >= 4 is 34.6 Å². The van der Waals surface area contributed by atoms with Crippen LogP contribution in [0.25, 0.3) is 6.08 Å². The molecule has 4 nitrogen and oxygen atoms in total. The molecule has 1 aliphatic heterocycles. The zero-order chi connectivity index (χ0) is 20.1. The number of amides is 1. The lowest BCUT2D eigenvalue weighted by molar-refractivity contribution is -0.115. The van der Waals surface area contributed by atoms with Crippen molar-refractivity contribution in [2.24, 2.45) is 4.99 Å². The summed E-state index contributed by atoms with van der Waals surface area (Å²) in [5, 5.41) is 3.30. The number of halogens is 1. The van der Waals surface area contributed by atoms with E-state index in [-0.39, 0.29) is 18.3 Å². The van der Waals surface area contributed by atoms with Crippen molar-refractivity contribution in [3.8, 4) is 5.75 Å². The van der Waals surface area contributed by atoms with Crippen molar-refractivity contribution in [2.75, 3.05) is 0 Å². The number of hydrogen-bond donors (Lipinski definition) is 1. The maximum absolute atomic E-state index is 13.8. The summed E-state index contributed by atoms with van der Waals surface area (Å²) in [4.78, 5) is 17.3. The van der Waals surface area contributed by atoms with Crippen LogP contribution in [-0.4, -0.2) is 11.1 Å². The van der Waals surface area contributed by atoms with Gasteiger partial charge in [-0.05, 0) is 42.1 Å². The van der Waals surface area contributed by atoms with Gasteiger partial charge in [-0.3, -0.25) is 4.79 Å². The first-order chi connectivity index (χ1) is 14.2. The van der Waals surface area contributed by atoms with Crippen molar-refractivity contribution in [3.63, 3.8) is 0 Å². The predicted molar refractivity (Wildman–Crippen MR) is 114 cm³/mol. The average molecular weight is 404 g/mol. The lowest BCUT2D eigenvalue weighted by atomic mass is 10.1. The molecule has 3 aromatic rings. The molecule has 1 amide bonds. The standard InChI is InChI=1S/C23H17FN2O2S/c24-19-12-6-4-9-17(19)15-28-20-13-7-5-8-16(20)14-21-22(27)26-23(29-21)25-18-10-2-1-3-11-18/h1-14H,15H2,(H,25,26,27). The Morgan fingerprint density at radius 2 is 1.69 bits per heavy atom. The Hall–Kier alpha value is -3.38. The van der Waals surface area contributed by atoms with Gasteiger partial charge in [-0.15, -0.1) is 0 Å². The lowest BCUT2D eigenvalue weighted by Gasteiger charge is -2.10. The minimum absolute atomic E-state index is 0.104. The molecule has 0 aliphatic carbocycles. The first-order valence-corrected chi connectivity index (χ1v) is 9.80. The summed E-state index contributed by atoms with van der Waals surface area (Å²) < 4.78 is 19.6. The molecule has 0 radical (unpaired) electrons. The van der Waals surface area contributed by atoms with Crippen LogP contribution in [0, 0.1) is 5.82 Å². The summed E-state index contributed by atoms with van der Waals surface area (Å²) in [5.41, 5.74) is 1.98. The fourth-order valence-corrected chi connectivity index (χ4v) is 3.58. The zero-order valence-corrected chi connectivity index (χ0v) is 16.2. The number of rotatable bonds is 5. The van der Waals surface area contributed by atoms with Gasteiger partial charge in [0.1, 0.15) is 18.2 Å². The average Bonchev–Trinajstić information content (AvgIpc) is 3.08. The summed E-state index contributed by atoms with van der Waals surface area (Å²) in [5.74, 6) is 0.0505. The maximum atomic E-state index is 13.8. The fraction of sp³-hybridized carbons (Fsp3) is 0.0435. The zero-order valence-electron chi connectivity index (χ0n) is 15.3. The number of nitrogens with one attached hydrogen (secondary N) is 1. The summed E-state index contributed by atoms with van der Waals surface area (Å²) in [6.07, 6.45) is 1.75. The van der Waals surface area contributed by atoms with Crippen molar-refractivity contribution in [1.82, 2.24) is 5.32 Å². The van der Waals surface area contributed by atoms with Gasteiger partial charge in [0.15, 0.2) is 5.17 Å². The molecule has 1 saturated heterocycles. The first kappa shape index (κ1) is 19.0. The smallest absolute Gasteiger partial charge is 0.264 e. The quantitative estimate of drug-likeness (QED) is 0.588. The van der Waals surface area contributed by atoms with Gasteiger partial charge >= 0.3 is 0 Å². The minimum atomic E-state index is -0.309. The molecule has 0 aromatic heterocycles. The lowest BCUT2D eigenvalue weighted by Crippen LogP contribution is -2.19. The van der Waals surface area contributed by atoms with E-state index in [1.807, 2.05) is 48.5 Å². The molecule has 1 heterocycles. The minimum Gasteiger partial charge on any atom is -0.488 e. The predicted octanol–water partition coefficient (Wildman–Crippen LogP) is 5.30. The highest BCUT2D eigenvalue weighted by Crippen LogP contribution is 2.30. The van der Waals surface area contributed by atoms with E-state index in [4.69, 9.17) is 4.74 Å². The van der Waals surface area contributed by atoms with Crippen molar-refractivity contribution < 1.29 is 13.9 Å². The SMILES string of the molecule is O=C1NC(=Nc2ccccc2)SC1=Cc1ccccc1OCc1ccccc1F. The van der Waals surface area contributed by atoms with Gasteiger partial charge < -0.3 is 10.1 Å². The van der Waals surface area contributed by atoms with Crippen molar-refractivity contribution in [1.29, 1.82) is 0 Å². The van der Waals surface area contributed by atoms with E-state index in [1.54, 1.807) is 30.3 Å². The van der Waals surface area contributed by atoms with Crippen molar-refractivity contribution in [3.05, 3.63) is 101 Å². The van der Waals surface area contributed by atoms with Gasteiger partial charge in [0.25, 0.3) is 5.91 Å². The largest absolute Gasteiger partial charge is 0.488 e. The molecule has 0 bridgehead atoms. The second-order valence-electron chi connectivity index (χ2n) is 6.24. The van der Waals surface area contributed by atoms with Gasteiger partial charge in [0.05, 0.1) is 10.6 Å². The Bertz CT molecular complexity index is 1100. The molecular formula is C23H17FN2O2S. The number of ether oxygens (including phenoxy) is 1. The molecule has 0 saturated carbocycles. The Balaban J connectivity index is 1.53. The van der Waals surface area contributed by atoms with E-state index >= 15 is 0 Å². The molecule has 0 spiro atoms. The van der Waals surface area contributed by atoms with E-state index < -0.39 is 0 Å². The van der Waals surface area contributed by atoms with Gasteiger partial charge in [-0.2, -0.15) is 0 Å². The molecule has 3 aromatic carbocycles. The Morgan fingerprint density at radius 3 is 2.52 bits per heavy atom. The van der Waals surface area contributed by atoms with Gasteiger partial charge in [0.2, 0.25) is 0 Å². The van der Waals surface area contributed by atoms with Crippen LogP contribution in [0.3, 0.4) is 0 Å². The highest BCUT2D eigenvalue weighted by molar-refractivity contribution is 8.18. The van der Waals surface area contributed by atoms with Crippen molar-refractivity contribution in [2.45, 2.75) is 6.61 Å². The number of carbonyl (C=O) groups is 1. The second kappa shape index (κ2) is 8.75. The summed E-state index contributed by atoms with van der Waals surface area (Å²) in [6.45, 7) is 0.104.